The monoisotopic (exact) mass is 256 g/mol. The summed E-state index contributed by atoms with van der Waals surface area (Å²) in [4.78, 5) is 0. The van der Waals surface area contributed by atoms with Crippen molar-refractivity contribution in [1.82, 2.24) is 0 Å². The molecule has 0 aromatic rings. The van der Waals surface area contributed by atoms with Gasteiger partial charge in [0.15, 0.2) is 0 Å². The lowest BCUT2D eigenvalue weighted by molar-refractivity contribution is 2.50. The fourth-order valence-electron chi connectivity index (χ4n) is 0. The summed E-state index contributed by atoms with van der Waals surface area (Å²) in [5, 5.41) is 0. The molecule has 0 amide bonds. The first-order valence-electron chi connectivity index (χ1n) is 0. The van der Waals surface area contributed by atoms with Crippen LogP contribution in [0.4, 0.5) is 0 Å². The van der Waals surface area contributed by atoms with Crippen molar-refractivity contribution in [2.75, 3.05) is 0 Å². The molecule has 0 saturated heterocycles. The van der Waals surface area contributed by atoms with Crippen LogP contribution in [0, 0.1) is 0 Å². The zero-order valence-electron chi connectivity index (χ0n) is 1.22. The summed E-state index contributed by atoms with van der Waals surface area (Å²) < 4.78 is 0. The second-order valence-electron chi connectivity index (χ2n) is 0. The third-order valence-electron chi connectivity index (χ3n) is 0. The summed E-state index contributed by atoms with van der Waals surface area (Å²) in [6.07, 6.45) is 0. The lowest BCUT2D eigenvalue weighted by Crippen LogP contribution is 0.144. The van der Waals surface area contributed by atoms with Crippen LogP contribution in [0.25, 0.3) is 0 Å². The van der Waals surface area contributed by atoms with Gasteiger partial charge in [0.25, 0.3) is 0 Å². The molecule has 0 nitrogen and oxygen atoms in total. The Hall–Kier alpha value is 1.44. The maximum Gasteiger partial charge on any atom is -0.0776 e. The fourth-order valence-corrected chi connectivity index (χ4v) is 0. The van der Waals surface area contributed by atoms with Crippen LogP contribution in [0.15, 0.2) is 0 Å². The fraction of sp³-hybridized carbons (Fsp3) is 1.00. The smallest absolute Gasteiger partial charge is 0.0776 e. The Morgan fingerprint density at radius 3 is 0.500 bits per heavy atom. The molecular weight excluding hydrogens is 252 g/mol. The van der Waals surface area contributed by atoms with Crippen molar-refractivity contribution >= 4 is 50.9 Å². The maximum atomic E-state index is 0. The Morgan fingerprint density at radius 1 is 0.500 bits per heavy atom. The van der Waals surface area contributed by atoms with E-state index in [-0.39, 0.29) is 58.4 Å². The van der Waals surface area contributed by atoms with Gasteiger partial charge in [0.2, 0.25) is 0 Å². The Kier molecular flexibility index (Phi) is 328. The SMILES string of the molecule is Br.Br.Br.C. The standard InChI is InChI=1S/CH4.3BrH/h1H4;3*1H. The van der Waals surface area contributed by atoms with Gasteiger partial charge in [0.05, 0.1) is 0 Å². The summed E-state index contributed by atoms with van der Waals surface area (Å²) in [6.45, 7) is 0. The van der Waals surface area contributed by atoms with Crippen LogP contribution in [-0.2, 0) is 0 Å². The van der Waals surface area contributed by atoms with Crippen molar-refractivity contribution in [3.63, 3.8) is 0 Å². The number of halogens is 3. The van der Waals surface area contributed by atoms with Crippen molar-refractivity contribution in [3.05, 3.63) is 0 Å². The van der Waals surface area contributed by atoms with E-state index in [1.807, 2.05) is 0 Å². The molecule has 4 heavy (non-hydrogen) atoms. The molecule has 0 aromatic heterocycles. The van der Waals surface area contributed by atoms with Gasteiger partial charge in [-0.15, -0.1) is 50.9 Å². The summed E-state index contributed by atoms with van der Waals surface area (Å²) >= 11 is 0. The van der Waals surface area contributed by atoms with Crippen LogP contribution in [-0.4, -0.2) is 0 Å². The molecule has 0 atom stereocenters. The zero-order chi connectivity index (χ0) is 0. The lowest BCUT2D eigenvalue weighted by Gasteiger charge is -0.115. The summed E-state index contributed by atoms with van der Waals surface area (Å²) in [5.41, 5.74) is 0. The van der Waals surface area contributed by atoms with Crippen LogP contribution in [0.3, 0.4) is 0 Å². The molecule has 0 unspecified atom stereocenters. The second kappa shape index (κ2) is 25.3. The highest BCUT2D eigenvalue weighted by molar-refractivity contribution is 8.93. The molecule has 0 N–H and O–H groups in total. The average Bonchev–Trinajstić information content (AvgIpc) is 0. The van der Waals surface area contributed by atoms with Crippen LogP contribution < -0.4 is 0 Å². The van der Waals surface area contributed by atoms with E-state index in [4.69, 9.17) is 0 Å². The Balaban J connectivity index is 0. The third kappa shape index (κ3) is 9.88. The zero-order valence-corrected chi connectivity index (χ0v) is 6.36. The van der Waals surface area contributed by atoms with E-state index in [9.17, 15) is 0 Å². The van der Waals surface area contributed by atoms with Gasteiger partial charge >= 0.3 is 0 Å². The summed E-state index contributed by atoms with van der Waals surface area (Å²) in [7, 11) is 0. The van der Waals surface area contributed by atoms with Gasteiger partial charge < -0.3 is 0 Å². The molecule has 32 valence electrons. The van der Waals surface area contributed by atoms with Gasteiger partial charge in [-0.05, 0) is 0 Å². The third-order valence-corrected chi connectivity index (χ3v) is 0. The van der Waals surface area contributed by atoms with Crippen molar-refractivity contribution in [3.8, 4) is 0 Å². The van der Waals surface area contributed by atoms with Gasteiger partial charge in [-0.2, -0.15) is 0 Å². The van der Waals surface area contributed by atoms with Crippen LogP contribution in [0.1, 0.15) is 7.43 Å². The van der Waals surface area contributed by atoms with E-state index in [1.165, 1.54) is 0 Å². The van der Waals surface area contributed by atoms with E-state index in [2.05, 4.69) is 0 Å². The van der Waals surface area contributed by atoms with E-state index in [1.54, 1.807) is 0 Å². The van der Waals surface area contributed by atoms with Crippen molar-refractivity contribution in [2.45, 2.75) is 7.43 Å². The lowest BCUT2D eigenvalue weighted by atomic mass is 12.0. The largest absolute Gasteiger partial charge is 0.114 e. The first kappa shape index (κ1) is 51.7. The molecule has 0 spiro atoms. The molecule has 0 aromatic carbocycles. The summed E-state index contributed by atoms with van der Waals surface area (Å²) in [6, 6.07) is 0. The van der Waals surface area contributed by atoms with Gasteiger partial charge in [0.1, 0.15) is 0 Å². The summed E-state index contributed by atoms with van der Waals surface area (Å²) in [5.74, 6) is 0. The van der Waals surface area contributed by atoms with Gasteiger partial charge in [0, 0.05) is 0 Å². The van der Waals surface area contributed by atoms with E-state index in [0.717, 1.165) is 0 Å². The van der Waals surface area contributed by atoms with Gasteiger partial charge in [-0.3, -0.25) is 0 Å². The highest BCUT2D eigenvalue weighted by Gasteiger charge is -0.0775. The molecule has 0 saturated carbocycles. The molecule has 0 aliphatic heterocycles. The molecule has 3 heteroatoms. The number of hydrogen-bond donors (Lipinski definition) is 0. The Labute approximate surface area is 58.3 Å². The number of rotatable bonds is 0. The van der Waals surface area contributed by atoms with Crippen LogP contribution in [0.2, 0.25) is 0 Å². The Morgan fingerprint density at radius 2 is 0.500 bits per heavy atom. The maximum absolute atomic E-state index is 0. The molecule has 0 rings (SSSR count). The van der Waals surface area contributed by atoms with E-state index < -0.39 is 0 Å². The Bertz CT molecular complexity index is 3.25. The minimum Gasteiger partial charge on any atom is -0.114 e. The molecule has 0 radical (unpaired) electrons. The molecule has 0 heterocycles. The van der Waals surface area contributed by atoms with E-state index in [0.29, 0.717) is 0 Å². The highest BCUT2D eigenvalue weighted by Crippen LogP contribution is 0.848. The van der Waals surface area contributed by atoms with Gasteiger partial charge in [-0.1, -0.05) is 7.43 Å². The minimum absolute atomic E-state index is 0. The quantitative estimate of drug-likeness (QED) is 0.626. The van der Waals surface area contributed by atoms with E-state index >= 15 is 0 Å². The normalized spacial score (nSPS) is 0. The first-order valence-corrected chi connectivity index (χ1v) is 0. The predicted molar refractivity (Wildman–Crippen MR) is 37.7 cm³/mol. The molecule has 0 aliphatic carbocycles. The number of hydrogen-bond acceptors (Lipinski definition) is 0. The van der Waals surface area contributed by atoms with Crippen LogP contribution >= 0.6 is 50.9 Å². The van der Waals surface area contributed by atoms with Crippen LogP contribution in [0.5, 0.6) is 0 Å². The second-order valence-corrected chi connectivity index (χ2v) is 0. The minimum atomic E-state index is 0. The first-order chi connectivity index (χ1) is 0. The van der Waals surface area contributed by atoms with Gasteiger partial charge in [-0.25, -0.2) is 0 Å². The highest BCUT2D eigenvalue weighted by atomic mass is 79.9. The average molecular weight is 259 g/mol. The molecule has 0 fully saturated rings. The molecule has 0 bridgehead atoms. The van der Waals surface area contributed by atoms with Crippen molar-refractivity contribution in [2.24, 2.45) is 0 Å². The predicted octanol–water partition coefficient (Wildman–Crippen LogP) is 2.37. The molecular formula is CH7Br3. The van der Waals surface area contributed by atoms with Crippen molar-refractivity contribution < 1.29 is 0 Å². The topological polar surface area (TPSA) is 0 Å². The molecule has 0 aliphatic rings. The van der Waals surface area contributed by atoms with Crippen molar-refractivity contribution in [1.29, 1.82) is 0 Å².